The smallest absolute Gasteiger partial charge is 0.249 e. The van der Waals surface area contributed by atoms with Crippen molar-refractivity contribution in [2.75, 3.05) is 0 Å². The number of carbonyl (C=O) groups excluding carboxylic acids is 2. The van der Waals surface area contributed by atoms with Crippen molar-refractivity contribution in [1.29, 1.82) is 5.26 Å². The normalized spacial score (nSPS) is 39.5. The van der Waals surface area contributed by atoms with E-state index in [0.717, 1.165) is 19.3 Å². The summed E-state index contributed by atoms with van der Waals surface area (Å²) >= 11 is 0. The van der Waals surface area contributed by atoms with E-state index in [-0.39, 0.29) is 12.0 Å². The van der Waals surface area contributed by atoms with Gasteiger partial charge in [0, 0.05) is 17.5 Å². The maximum atomic E-state index is 13.5. The lowest BCUT2D eigenvalue weighted by Crippen LogP contribution is -2.62. The van der Waals surface area contributed by atoms with Crippen LogP contribution in [-0.2, 0) is 11.2 Å². The Kier molecular flexibility index (Phi) is 3.17. The minimum absolute atomic E-state index is 0.0341. The molecule has 0 unspecified atom stereocenters. The number of ketones is 1. The summed E-state index contributed by atoms with van der Waals surface area (Å²) < 4.78 is 13.5. The second-order valence-electron chi connectivity index (χ2n) is 8.98. The molecular weight excluding hydrogens is 331 g/mol. The van der Waals surface area contributed by atoms with Crippen LogP contribution in [0.15, 0.2) is 18.2 Å². The summed E-state index contributed by atoms with van der Waals surface area (Å²) in [5.74, 6) is 0.549. The van der Waals surface area contributed by atoms with Crippen LogP contribution in [0.25, 0.3) is 0 Å². The number of benzene rings is 1. The molecule has 1 atom stereocenters. The fourth-order valence-electron chi connectivity index (χ4n) is 6.46. The number of nitrogens with one attached hydrogen (secondary N) is 1. The molecule has 5 aliphatic rings. The van der Waals surface area contributed by atoms with Gasteiger partial charge in [-0.15, -0.1) is 0 Å². The van der Waals surface area contributed by atoms with Crippen molar-refractivity contribution in [3.63, 3.8) is 0 Å². The van der Waals surface area contributed by atoms with E-state index in [4.69, 9.17) is 0 Å². The maximum absolute atomic E-state index is 13.5. The Morgan fingerprint density at radius 2 is 1.77 bits per heavy atom. The highest BCUT2D eigenvalue weighted by Gasteiger charge is 2.57. The van der Waals surface area contributed by atoms with Gasteiger partial charge in [-0.3, -0.25) is 9.59 Å². The molecule has 4 bridgehead atoms. The van der Waals surface area contributed by atoms with Crippen molar-refractivity contribution in [2.45, 2.75) is 50.5 Å². The molecule has 0 saturated heterocycles. The Labute approximate surface area is 151 Å². The van der Waals surface area contributed by atoms with E-state index in [0.29, 0.717) is 28.9 Å². The van der Waals surface area contributed by atoms with Gasteiger partial charge in [0.05, 0.1) is 6.07 Å². The van der Waals surface area contributed by atoms with Crippen molar-refractivity contribution in [2.24, 2.45) is 23.2 Å². The van der Waals surface area contributed by atoms with Gasteiger partial charge >= 0.3 is 0 Å². The van der Waals surface area contributed by atoms with Crippen LogP contribution in [0.3, 0.4) is 0 Å². The molecule has 0 heterocycles. The minimum Gasteiger partial charge on any atom is -0.349 e. The molecule has 0 radical (unpaired) electrons. The van der Waals surface area contributed by atoms with Gasteiger partial charge in [-0.2, -0.15) is 5.26 Å². The first kappa shape index (κ1) is 16.0. The third kappa shape index (κ3) is 2.11. The number of nitriles is 1. The highest BCUT2D eigenvalue weighted by atomic mass is 19.1. The summed E-state index contributed by atoms with van der Waals surface area (Å²) in [4.78, 5) is 26.1. The third-order valence-corrected chi connectivity index (χ3v) is 7.15. The molecule has 134 valence electrons. The third-order valence-electron chi connectivity index (χ3n) is 7.15. The average molecular weight is 352 g/mol. The van der Waals surface area contributed by atoms with Gasteiger partial charge < -0.3 is 5.32 Å². The zero-order valence-electron chi connectivity index (χ0n) is 14.6. The lowest BCUT2D eigenvalue weighted by molar-refractivity contribution is -0.131. The van der Waals surface area contributed by atoms with Crippen LogP contribution < -0.4 is 5.32 Å². The molecule has 0 spiro atoms. The van der Waals surface area contributed by atoms with Gasteiger partial charge in [0.2, 0.25) is 11.3 Å². The molecule has 1 aromatic carbocycles. The molecule has 1 aromatic rings. The van der Waals surface area contributed by atoms with Crippen molar-refractivity contribution in [3.05, 3.63) is 35.1 Å². The summed E-state index contributed by atoms with van der Waals surface area (Å²) in [6, 6.07) is 5.86. The van der Waals surface area contributed by atoms with Gasteiger partial charge in [0.1, 0.15) is 5.82 Å². The van der Waals surface area contributed by atoms with E-state index < -0.39 is 22.9 Å². The van der Waals surface area contributed by atoms with Crippen LogP contribution >= 0.6 is 0 Å². The number of hydrogen-bond donors (Lipinski definition) is 1. The second-order valence-corrected chi connectivity index (χ2v) is 8.98. The van der Waals surface area contributed by atoms with Crippen LogP contribution in [0.2, 0.25) is 0 Å². The summed E-state index contributed by atoms with van der Waals surface area (Å²) in [6.45, 7) is 0. The summed E-state index contributed by atoms with van der Waals surface area (Å²) in [6.07, 6.45) is 6.60. The molecule has 0 aliphatic heterocycles. The van der Waals surface area contributed by atoms with E-state index in [1.807, 2.05) is 6.07 Å². The second kappa shape index (κ2) is 5.16. The summed E-state index contributed by atoms with van der Waals surface area (Å²) in [5.41, 5.74) is -1.25. The number of Topliss-reactive ketones (excluding diaryl/α,β-unsaturated/α-hetero) is 1. The number of hydrogen-bond acceptors (Lipinski definition) is 3. The van der Waals surface area contributed by atoms with Gasteiger partial charge in [-0.25, -0.2) is 4.39 Å². The van der Waals surface area contributed by atoms with E-state index in [2.05, 4.69) is 5.32 Å². The Hall–Kier alpha value is -2.22. The minimum atomic E-state index is -1.75. The number of nitrogens with zero attached hydrogens (tertiary/aromatic N) is 1. The number of carbonyl (C=O) groups is 2. The van der Waals surface area contributed by atoms with Crippen LogP contribution in [0.1, 0.15) is 54.4 Å². The van der Waals surface area contributed by atoms with Crippen molar-refractivity contribution < 1.29 is 14.0 Å². The molecule has 5 aliphatic carbocycles. The Morgan fingerprint density at radius 1 is 1.15 bits per heavy atom. The van der Waals surface area contributed by atoms with Crippen LogP contribution in [0, 0.1) is 40.3 Å². The van der Waals surface area contributed by atoms with Crippen LogP contribution in [0.5, 0.6) is 0 Å². The molecule has 0 aromatic heterocycles. The number of rotatable bonds is 2. The van der Waals surface area contributed by atoms with Gasteiger partial charge in [0.25, 0.3) is 0 Å². The Morgan fingerprint density at radius 3 is 2.35 bits per heavy atom. The maximum Gasteiger partial charge on any atom is 0.249 e. The first-order valence-corrected chi connectivity index (χ1v) is 9.50. The van der Waals surface area contributed by atoms with Crippen LogP contribution in [0.4, 0.5) is 4.39 Å². The molecular formula is C21H21FN2O2. The quantitative estimate of drug-likeness (QED) is 0.831. The molecule has 4 nitrogen and oxygen atoms in total. The van der Waals surface area contributed by atoms with E-state index in [1.54, 1.807) is 0 Å². The fraction of sp³-hybridized carbons (Fsp3) is 0.571. The highest BCUT2D eigenvalue weighted by Crippen LogP contribution is 2.56. The molecule has 5 heteroatoms. The van der Waals surface area contributed by atoms with Crippen molar-refractivity contribution >= 4 is 11.7 Å². The SMILES string of the molecule is N#C[C@@]1(C(=O)NC23CC4CC(CC(C4)C2)C3)Cc2cc(F)ccc2C1=O. The molecule has 6 rings (SSSR count). The fourth-order valence-corrected chi connectivity index (χ4v) is 6.46. The molecule has 1 N–H and O–H groups in total. The van der Waals surface area contributed by atoms with Crippen molar-refractivity contribution in [3.8, 4) is 6.07 Å². The number of fused-ring (bicyclic) bond motifs is 1. The standard InChI is InChI=1S/C21H21FN2O2/c22-16-1-2-17-15(6-16)10-21(11-23,18(17)25)19(26)24-20-7-12-3-13(8-20)5-14(4-12)9-20/h1-2,6,12-14H,3-5,7-10H2,(H,24,26)/t12?,13?,14?,20?,21-/m0/s1. The van der Waals surface area contributed by atoms with E-state index >= 15 is 0 Å². The first-order chi connectivity index (χ1) is 12.4. The lowest BCUT2D eigenvalue weighted by atomic mass is 9.53. The predicted molar refractivity (Wildman–Crippen MR) is 91.5 cm³/mol. The van der Waals surface area contributed by atoms with E-state index in [9.17, 15) is 19.2 Å². The average Bonchev–Trinajstić information content (AvgIpc) is 2.85. The topological polar surface area (TPSA) is 70.0 Å². The lowest BCUT2D eigenvalue weighted by Gasteiger charge is -2.57. The van der Waals surface area contributed by atoms with Gasteiger partial charge in [-0.05, 0) is 80.0 Å². The summed E-state index contributed by atoms with van der Waals surface area (Å²) in [5, 5.41) is 12.9. The molecule has 26 heavy (non-hydrogen) atoms. The number of amides is 1. The Bertz CT molecular complexity index is 836. The molecule has 4 fully saturated rings. The highest BCUT2D eigenvalue weighted by molar-refractivity contribution is 6.19. The van der Waals surface area contributed by atoms with E-state index in [1.165, 1.54) is 37.5 Å². The van der Waals surface area contributed by atoms with Gasteiger partial charge in [0.15, 0.2) is 5.78 Å². The first-order valence-electron chi connectivity index (χ1n) is 9.50. The zero-order valence-corrected chi connectivity index (χ0v) is 14.6. The molecule has 1 amide bonds. The summed E-state index contributed by atoms with van der Waals surface area (Å²) in [7, 11) is 0. The van der Waals surface area contributed by atoms with Crippen molar-refractivity contribution in [1.82, 2.24) is 5.32 Å². The van der Waals surface area contributed by atoms with Crippen LogP contribution in [-0.4, -0.2) is 17.2 Å². The monoisotopic (exact) mass is 352 g/mol. The largest absolute Gasteiger partial charge is 0.349 e. The predicted octanol–water partition coefficient (Wildman–Crippen LogP) is 3.16. The number of halogens is 1. The molecule has 4 saturated carbocycles. The Balaban J connectivity index is 1.45. The van der Waals surface area contributed by atoms with Gasteiger partial charge in [-0.1, -0.05) is 0 Å². The zero-order chi connectivity index (χ0) is 18.1.